The third-order valence-electron chi connectivity index (χ3n) is 4.43. The number of aryl methyl sites for hydroxylation is 1. The van der Waals surface area contributed by atoms with Gasteiger partial charge in [-0.15, -0.1) is 16.4 Å². The van der Waals surface area contributed by atoms with Crippen molar-refractivity contribution in [3.8, 4) is 0 Å². The van der Waals surface area contributed by atoms with E-state index in [2.05, 4.69) is 31.1 Å². The molecular formula is C15H21N7OS. The summed E-state index contributed by atoms with van der Waals surface area (Å²) in [7, 11) is 0. The van der Waals surface area contributed by atoms with Crippen LogP contribution >= 0.6 is 11.3 Å². The number of nitrogens with one attached hydrogen (secondary N) is 2. The van der Waals surface area contributed by atoms with Gasteiger partial charge in [0.25, 0.3) is 0 Å². The second-order valence-corrected chi connectivity index (χ2v) is 7.94. The summed E-state index contributed by atoms with van der Waals surface area (Å²) in [6.45, 7) is 3.94. The third-order valence-corrected chi connectivity index (χ3v) is 5.43. The lowest BCUT2D eigenvalue weighted by atomic mass is 10.2. The Hall–Kier alpha value is -2.03. The average molecular weight is 347 g/mol. The number of hydrogen-bond acceptors (Lipinski definition) is 6. The third kappa shape index (κ3) is 3.26. The van der Waals surface area contributed by atoms with E-state index < -0.39 is 0 Å². The number of urea groups is 1. The molecule has 0 unspecified atom stereocenters. The Balaban J connectivity index is 1.40. The molecule has 24 heavy (non-hydrogen) atoms. The number of carbonyl (C=O) groups excluding carboxylic acids is 1. The molecule has 2 aliphatic carbocycles. The van der Waals surface area contributed by atoms with Gasteiger partial charge in [-0.1, -0.05) is 0 Å². The van der Waals surface area contributed by atoms with Crippen molar-refractivity contribution in [3.63, 3.8) is 0 Å². The van der Waals surface area contributed by atoms with Crippen LogP contribution in [0.25, 0.3) is 0 Å². The molecule has 2 N–H and O–H groups in total. The van der Waals surface area contributed by atoms with E-state index >= 15 is 0 Å². The van der Waals surface area contributed by atoms with Gasteiger partial charge in [-0.3, -0.25) is 0 Å². The molecule has 2 fully saturated rings. The van der Waals surface area contributed by atoms with E-state index in [0.717, 1.165) is 35.6 Å². The summed E-state index contributed by atoms with van der Waals surface area (Å²) < 4.78 is 1.83. The Morgan fingerprint density at radius 1 is 1.33 bits per heavy atom. The maximum Gasteiger partial charge on any atom is 0.315 e. The van der Waals surface area contributed by atoms with Gasteiger partial charge in [0.2, 0.25) is 0 Å². The fourth-order valence-electron chi connectivity index (χ4n) is 2.84. The van der Waals surface area contributed by atoms with Gasteiger partial charge in [-0.2, -0.15) is 0 Å². The van der Waals surface area contributed by atoms with Crippen LogP contribution in [-0.4, -0.2) is 31.2 Å². The fraction of sp³-hybridized carbons (Fsp3) is 0.667. The Morgan fingerprint density at radius 3 is 2.75 bits per heavy atom. The predicted octanol–water partition coefficient (Wildman–Crippen LogP) is 2.28. The van der Waals surface area contributed by atoms with Crippen molar-refractivity contribution >= 4 is 17.4 Å². The molecule has 0 saturated heterocycles. The van der Waals surface area contributed by atoms with Gasteiger partial charge in [-0.05, 0) is 55.9 Å². The minimum absolute atomic E-state index is 0.00433. The van der Waals surface area contributed by atoms with Crippen LogP contribution in [0.4, 0.5) is 4.79 Å². The van der Waals surface area contributed by atoms with Crippen LogP contribution in [0.2, 0.25) is 0 Å². The van der Waals surface area contributed by atoms with Gasteiger partial charge < -0.3 is 10.6 Å². The van der Waals surface area contributed by atoms with Gasteiger partial charge in [0, 0.05) is 11.1 Å². The smallest absolute Gasteiger partial charge is 0.315 e. The quantitative estimate of drug-likeness (QED) is 0.835. The first-order valence-corrected chi connectivity index (χ1v) is 9.20. The first-order chi connectivity index (χ1) is 11.6. The monoisotopic (exact) mass is 347 g/mol. The second kappa shape index (κ2) is 6.12. The number of nitrogens with zero attached hydrogens (tertiary/aromatic N) is 5. The molecule has 2 amide bonds. The molecule has 0 aliphatic heterocycles. The summed E-state index contributed by atoms with van der Waals surface area (Å²) in [4.78, 5) is 18.1. The van der Waals surface area contributed by atoms with E-state index in [0.29, 0.717) is 17.8 Å². The Morgan fingerprint density at radius 2 is 2.12 bits per heavy atom. The first kappa shape index (κ1) is 15.5. The lowest BCUT2D eigenvalue weighted by molar-refractivity contribution is 0.231. The van der Waals surface area contributed by atoms with Crippen molar-refractivity contribution in [1.82, 2.24) is 35.8 Å². The summed E-state index contributed by atoms with van der Waals surface area (Å²) in [6, 6.07) is -0.0498. The van der Waals surface area contributed by atoms with E-state index in [1.54, 1.807) is 11.3 Å². The van der Waals surface area contributed by atoms with Crippen LogP contribution in [0.5, 0.6) is 0 Å². The van der Waals surface area contributed by atoms with Crippen molar-refractivity contribution in [2.24, 2.45) is 5.92 Å². The minimum Gasteiger partial charge on any atom is -0.329 e. The number of hydrogen-bond donors (Lipinski definition) is 2. The Bertz CT molecular complexity index is 734. The Kier molecular flexibility index (Phi) is 3.95. The molecule has 2 aromatic heterocycles. The van der Waals surface area contributed by atoms with Crippen molar-refractivity contribution in [3.05, 3.63) is 21.9 Å². The van der Waals surface area contributed by atoms with Crippen LogP contribution in [-0.2, 0) is 0 Å². The average Bonchev–Trinajstić information content (AvgIpc) is 3.47. The number of thiazole rings is 1. The lowest BCUT2D eigenvalue weighted by Crippen LogP contribution is -2.40. The van der Waals surface area contributed by atoms with E-state index in [-0.39, 0.29) is 18.1 Å². The molecule has 9 heteroatoms. The highest BCUT2D eigenvalue weighted by Gasteiger charge is 2.36. The van der Waals surface area contributed by atoms with Gasteiger partial charge in [0.1, 0.15) is 5.01 Å². The number of rotatable bonds is 6. The number of amides is 2. The number of carbonyl (C=O) groups is 1. The molecule has 0 aromatic carbocycles. The van der Waals surface area contributed by atoms with Gasteiger partial charge in [0.15, 0.2) is 5.82 Å². The summed E-state index contributed by atoms with van der Waals surface area (Å²) in [5.41, 5.74) is 0. The molecule has 2 aromatic rings. The predicted molar refractivity (Wildman–Crippen MR) is 88.5 cm³/mol. The first-order valence-electron chi connectivity index (χ1n) is 8.39. The molecule has 2 atom stereocenters. The molecule has 0 spiro atoms. The van der Waals surface area contributed by atoms with E-state index in [1.165, 1.54) is 0 Å². The number of tetrazole rings is 1. The van der Waals surface area contributed by atoms with Crippen LogP contribution in [0, 0.1) is 12.8 Å². The van der Waals surface area contributed by atoms with Crippen LogP contribution in [0.15, 0.2) is 6.20 Å². The van der Waals surface area contributed by atoms with Crippen LogP contribution in [0.3, 0.4) is 0 Å². The summed E-state index contributed by atoms with van der Waals surface area (Å²) in [5.74, 6) is 1.20. The largest absolute Gasteiger partial charge is 0.329 e. The number of aromatic nitrogens is 5. The standard InChI is InChI=1S/C15H21N7OS/c1-8-7-16-14(24-8)12(10-3-4-10)18-15(23)17-9(2)13-19-20-21-22(13)11-5-6-11/h7,9-12H,3-6H2,1-2H3,(H2,17,18,23)/t9-,12-/m1/s1. The van der Waals surface area contributed by atoms with Gasteiger partial charge >= 0.3 is 6.03 Å². The Labute approximate surface area is 144 Å². The van der Waals surface area contributed by atoms with Crippen LogP contribution < -0.4 is 10.6 Å². The molecule has 0 bridgehead atoms. The maximum absolute atomic E-state index is 12.4. The lowest BCUT2D eigenvalue weighted by Gasteiger charge is -2.19. The molecule has 4 rings (SSSR count). The molecule has 0 radical (unpaired) electrons. The zero-order valence-electron chi connectivity index (χ0n) is 13.8. The second-order valence-electron chi connectivity index (χ2n) is 6.68. The van der Waals surface area contributed by atoms with Crippen molar-refractivity contribution in [2.45, 2.75) is 57.7 Å². The molecule has 2 heterocycles. The molecular weight excluding hydrogens is 326 g/mol. The SMILES string of the molecule is Cc1cnc([C@H](NC(=O)N[C@H](C)c2nnnn2C2CC2)C2CC2)s1. The maximum atomic E-state index is 12.4. The zero-order chi connectivity index (χ0) is 16.7. The topological polar surface area (TPSA) is 97.6 Å². The van der Waals surface area contributed by atoms with Crippen molar-refractivity contribution in [2.75, 3.05) is 0 Å². The van der Waals surface area contributed by atoms with Crippen molar-refractivity contribution < 1.29 is 4.79 Å². The molecule has 128 valence electrons. The van der Waals surface area contributed by atoms with E-state index in [1.807, 2.05) is 24.7 Å². The molecule has 2 aliphatic rings. The van der Waals surface area contributed by atoms with E-state index in [9.17, 15) is 4.79 Å². The summed E-state index contributed by atoms with van der Waals surface area (Å²) >= 11 is 1.65. The normalized spacial score (nSPS) is 19.8. The highest BCUT2D eigenvalue weighted by atomic mass is 32.1. The minimum atomic E-state index is -0.238. The van der Waals surface area contributed by atoms with E-state index in [4.69, 9.17) is 0 Å². The highest BCUT2D eigenvalue weighted by Crippen LogP contribution is 2.42. The van der Waals surface area contributed by atoms with Gasteiger partial charge in [0.05, 0.1) is 18.1 Å². The van der Waals surface area contributed by atoms with Crippen LogP contribution in [0.1, 0.15) is 66.4 Å². The summed E-state index contributed by atoms with van der Waals surface area (Å²) in [5, 5.41) is 18.9. The fourth-order valence-corrected chi connectivity index (χ4v) is 3.75. The molecule has 2 saturated carbocycles. The van der Waals surface area contributed by atoms with Crippen molar-refractivity contribution in [1.29, 1.82) is 0 Å². The van der Waals surface area contributed by atoms with Gasteiger partial charge in [-0.25, -0.2) is 14.5 Å². The summed E-state index contributed by atoms with van der Waals surface area (Å²) in [6.07, 6.45) is 6.34. The zero-order valence-corrected chi connectivity index (χ0v) is 14.6. The highest BCUT2D eigenvalue weighted by molar-refractivity contribution is 7.11. The molecule has 8 nitrogen and oxygen atoms in total.